The lowest BCUT2D eigenvalue weighted by Crippen LogP contribution is -2.26. The minimum Gasteiger partial charge on any atom is -0.0989 e. The molecule has 49 heavy (non-hydrogen) atoms. The average Bonchev–Trinajstić information content (AvgIpc) is 3.37. The molecule has 0 fully saturated rings. The number of aryl methyl sites for hydroxylation is 1. The summed E-state index contributed by atoms with van der Waals surface area (Å²) < 4.78 is 1.12. The van der Waals surface area contributed by atoms with Gasteiger partial charge in [-0.25, -0.2) is 0 Å². The highest BCUT2D eigenvalue weighted by Gasteiger charge is 2.43. The molecule has 7 aromatic rings. The predicted molar refractivity (Wildman–Crippen MR) is 217 cm³/mol. The summed E-state index contributed by atoms with van der Waals surface area (Å²) in [7, 11) is 0. The van der Waals surface area contributed by atoms with E-state index in [1.807, 2.05) is 6.08 Å². The molecule has 1 unspecified atom stereocenters. The first-order valence-corrected chi connectivity index (χ1v) is 18.4. The Labute approximate surface area is 299 Å². The maximum Gasteiger partial charge on any atom is 0.0418 e. The van der Waals surface area contributed by atoms with Gasteiger partial charge < -0.3 is 0 Å². The quantitative estimate of drug-likeness (QED) is 0.0841. The highest BCUT2D eigenvalue weighted by atomic mass is 79.9. The number of halogens is 1. The van der Waals surface area contributed by atoms with Crippen molar-refractivity contribution in [1.82, 2.24) is 0 Å². The van der Waals surface area contributed by atoms with Gasteiger partial charge in [0.1, 0.15) is 0 Å². The summed E-state index contributed by atoms with van der Waals surface area (Å²) in [6.45, 7) is 17.7. The standard InChI is InChI=1S/C48H43Br/c1-7-31-11-13-32(14-12-31)10-8-9-25-48(30(2)3)43-28-34(18-22-40(43)41-24-20-38(49)29-44(41)48)39-21-17-33-15-16-35-26-37(47(4,5)6)27-36-19-23-42(39)46(33)45(35)36/h7,11-24,26-29H,1-2,8-10,25H2,3-6H3. The van der Waals surface area contributed by atoms with Crippen molar-refractivity contribution in [2.75, 3.05) is 0 Å². The van der Waals surface area contributed by atoms with Crippen LogP contribution in [0.1, 0.15) is 74.8 Å². The molecule has 0 saturated carbocycles. The van der Waals surface area contributed by atoms with Crippen molar-refractivity contribution >= 4 is 54.3 Å². The van der Waals surface area contributed by atoms with Crippen LogP contribution in [0.25, 0.3) is 60.6 Å². The number of benzene rings is 7. The van der Waals surface area contributed by atoms with Crippen molar-refractivity contribution < 1.29 is 0 Å². The number of allylic oxidation sites excluding steroid dienone is 1. The highest BCUT2D eigenvalue weighted by molar-refractivity contribution is 9.10. The van der Waals surface area contributed by atoms with E-state index in [1.165, 1.54) is 88.0 Å². The van der Waals surface area contributed by atoms with Gasteiger partial charge in [-0.3, -0.25) is 0 Å². The molecule has 8 rings (SSSR count). The maximum absolute atomic E-state index is 4.70. The fourth-order valence-corrected chi connectivity index (χ4v) is 8.90. The van der Waals surface area contributed by atoms with E-state index in [1.54, 1.807) is 0 Å². The van der Waals surface area contributed by atoms with Gasteiger partial charge in [0.15, 0.2) is 0 Å². The summed E-state index contributed by atoms with van der Waals surface area (Å²) in [4.78, 5) is 0. The van der Waals surface area contributed by atoms with E-state index in [2.05, 4.69) is 159 Å². The maximum atomic E-state index is 4.70. The molecule has 0 aromatic heterocycles. The Kier molecular flexibility index (Phi) is 7.69. The Morgan fingerprint density at radius 3 is 2.02 bits per heavy atom. The molecule has 0 bridgehead atoms. The number of hydrogen-bond donors (Lipinski definition) is 0. The molecule has 0 N–H and O–H groups in total. The largest absolute Gasteiger partial charge is 0.0989 e. The zero-order chi connectivity index (χ0) is 34.1. The molecule has 1 aliphatic carbocycles. The van der Waals surface area contributed by atoms with Gasteiger partial charge in [-0.15, -0.1) is 0 Å². The van der Waals surface area contributed by atoms with Gasteiger partial charge in [-0.1, -0.05) is 159 Å². The molecule has 0 nitrogen and oxygen atoms in total. The fourth-order valence-electron chi connectivity index (χ4n) is 8.54. The molecule has 1 atom stereocenters. The molecule has 1 heteroatoms. The van der Waals surface area contributed by atoms with E-state index in [9.17, 15) is 0 Å². The van der Waals surface area contributed by atoms with Crippen molar-refractivity contribution in [3.05, 3.63) is 160 Å². The third-order valence-electron chi connectivity index (χ3n) is 11.2. The summed E-state index contributed by atoms with van der Waals surface area (Å²) in [5.74, 6) is 0. The first kappa shape index (κ1) is 31.8. The summed E-state index contributed by atoms with van der Waals surface area (Å²) >= 11 is 3.82. The first-order valence-electron chi connectivity index (χ1n) is 17.6. The smallest absolute Gasteiger partial charge is 0.0418 e. The van der Waals surface area contributed by atoms with Gasteiger partial charge >= 0.3 is 0 Å². The minimum atomic E-state index is -0.246. The van der Waals surface area contributed by atoms with Crippen LogP contribution in [-0.2, 0) is 17.3 Å². The summed E-state index contributed by atoms with van der Waals surface area (Å²) in [6, 6.07) is 41.6. The van der Waals surface area contributed by atoms with Crippen LogP contribution in [0, 0.1) is 0 Å². The third kappa shape index (κ3) is 5.17. The lowest BCUT2D eigenvalue weighted by Gasteiger charge is -2.34. The van der Waals surface area contributed by atoms with Crippen molar-refractivity contribution in [2.24, 2.45) is 0 Å². The monoisotopic (exact) mass is 698 g/mol. The molecule has 0 aliphatic heterocycles. The van der Waals surface area contributed by atoms with Crippen LogP contribution in [0.2, 0.25) is 0 Å². The van der Waals surface area contributed by atoms with E-state index in [0.717, 1.165) is 30.2 Å². The Balaban J connectivity index is 1.24. The van der Waals surface area contributed by atoms with Crippen LogP contribution in [-0.4, -0.2) is 0 Å². The van der Waals surface area contributed by atoms with Gasteiger partial charge in [-0.05, 0) is 132 Å². The van der Waals surface area contributed by atoms with E-state index in [-0.39, 0.29) is 10.8 Å². The second kappa shape index (κ2) is 11.9. The number of unbranched alkanes of at least 4 members (excludes halogenated alkanes) is 1. The molecule has 0 saturated heterocycles. The minimum absolute atomic E-state index is 0.0972. The van der Waals surface area contributed by atoms with Crippen molar-refractivity contribution in [2.45, 2.75) is 64.2 Å². The van der Waals surface area contributed by atoms with Crippen molar-refractivity contribution in [3.8, 4) is 22.3 Å². The molecular formula is C48H43Br. The SMILES string of the molecule is C=Cc1ccc(CCCCC2(C(=C)C)c3cc(Br)ccc3-c3ccc(-c4ccc5ccc6cc(C(C)(C)C)cc7ccc4c5c67)cc32)cc1. The molecule has 0 spiro atoms. The Hall–Kier alpha value is -4.46. The van der Waals surface area contributed by atoms with Gasteiger partial charge in [-0.2, -0.15) is 0 Å². The first-order chi connectivity index (χ1) is 23.6. The molecule has 7 aromatic carbocycles. The second-order valence-corrected chi connectivity index (χ2v) is 16.1. The van der Waals surface area contributed by atoms with Crippen LogP contribution in [0.3, 0.4) is 0 Å². The zero-order valence-corrected chi connectivity index (χ0v) is 30.7. The van der Waals surface area contributed by atoms with Gasteiger partial charge in [0.2, 0.25) is 0 Å². The fraction of sp³-hybridized carbons (Fsp3) is 0.208. The molecule has 0 radical (unpaired) electrons. The lowest BCUT2D eigenvalue weighted by atomic mass is 9.69. The lowest BCUT2D eigenvalue weighted by molar-refractivity contribution is 0.520. The zero-order valence-electron chi connectivity index (χ0n) is 29.1. The number of rotatable bonds is 8. The topological polar surface area (TPSA) is 0 Å². The second-order valence-electron chi connectivity index (χ2n) is 15.2. The molecule has 242 valence electrons. The van der Waals surface area contributed by atoms with Gasteiger partial charge in [0, 0.05) is 9.89 Å². The van der Waals surface area contributed by atoms with E-state index in [4.69, 9.17) is 6.58 Å². The molecule has 0 amide bonds. The Bertz CT molecular complexity index is 2400. The predicted octanol–water partition coefficient (Wildman–Crippen LogP) is 14.2. The van der Waals surface area contributed by atoms with Crippen LogP contribution in [0.4, 0.5) is 0 Å². The Morgan fingerprint density at radius 1 is 0.694 bits per heavy atom. The van der Waals surface area contributed by atoms with E-state index in [0.29, 0.717) is 0 Å². The third-order valence-corrected chi connectivity index (χ3v) is 11.7. The molecule has 0 heterocycles. The average molecular weight is 700 g/mol. The Morgan fingerprint density at radius 2 is 1.33 bits per heavy atom. The van der Waals surface area contributed by atoms with E-state index >= 15 is 0 Å². The van der Waals surface area contributed by atoms with Crippen LogP contribution in [0.5, 0.6) is 0 Å². The molecule has 1 aliphatic rings. The number of fused-ring (bicyclic) bond motifs is 3. The number of hydrogen-bond acceptors (Lipinski definition) is 0. The van der Waals surface area contributed by atoms with Crippen LogP contribution < -0.4 is 0 Å². The van der Waals surface area contributed by atoms with Crippen LogP contribution in [0.15, 0.2) is 132 Å². The normalized spacial score (nSPS) is 15.6. The summed E-state index contributed by atoms with van der Waals surface area (Å²) in [5, 5.41) is 8.01. The van der Waals surface area contributed by atoms with Crippen molar-refractivity contribution in [1.29, 1.82) is 0 Å². The summed E-state index contributed by atoms with van der Waals surface area (Å²) in [6.07, 6.45) is 6.25. The molecular weight excluding hydrogens is 656 g/mol. The van der Waals surface area contributed by atoms with Crippen LogP contribution >= 0.6 is 15.9 Å². The van der Waals surface area contributed by atoms with E-state index < -0.39 is 0 Å². The van der Waals surface area contributed by atoms with Crippen molar-refractivity contribution in [3.63, 3.8) is 0 Å². The highest BCUT2D eigenvalue weighted by Crippen LogP contribution is 2.56. The summed E-state index contributed by atoms with van der Waals surface area (Å²) in [5.41, 5.74) is 13.0. The van der Waals surface area contributed by atoms with Gasteiger partial charge in [0.05, 0.1) is 0 Å². The van der Waals surface area contributed by atoms with Gasteiger partial charge in [0.25, 0.3) is 0 Å².